The molecular formula is C10H19N3O3S. The van der Waals surface area contributed by atoms with Gasteiger partial charge in [-0.15, -0.1) is 0 Å². The first-order valence-electron chi connectivity index (χ1n) is 5.77. The van der Waals surface area contributed by atoms with E-state index in [2.05, 4.69) is 0 Å². The van der Waals surface area contributed by atoms with Crippen LogP contribution in [0.3, 0.4) is 0 Å². The zero-order valence-electron chi connectivity index (χ0n) is 10.5. The van der Waals surface area contributed by atoms with Crippen LogP contribution in [-0.2, 0) is 10.0 Å². The number of likely N-dealkylation sites (tertiary alicyclic amines) is 1. The number of carbonyl (C=O) groups excluding carboxylic acids is 1. The molecule has 0 aromatic heterocycles. The fourth-order valence-corrected chi connectivity index (χ4v) is 4.03. The van der Waals surface area contributed by atoms with Gasteiger partial charge in [0.05, 0.1) is 12.3 Å². The molecule has 17 heavy (non-hydrogen) atoms. The van der Waals surface area contributed by atoms with Gasteiger partial charge in [0, 0.05) is 33.2 Å². The van der Waals surface area contributed by atoms with Gasteiger partial charge in [0.2, 0.25) is 10.0 Å². The molecule has 2 rings (SSSR count). The van der Waals surface area contributed by atoms with Gasteiger partial charge in [0.1, 0.15) is 0 Å². The molecule has 0 spiro atoms. The smallest absolute Gasteiger partial charge is 0.319 e. The van der Waals surface area contributed by atoms with Crippen LogP contribution in [0.2, 0.25) is 0 Å². The number of carbonyl (C=O) groups is 1. The van der Waals surface area contributed by atoms with Crippen LogP contribution in [0.15, 0.2) is 0 Å². The average Bonchev–Trinajstić information content (AvgIpc) is 2.73. The van der Waals surface area contributed by atoms with Gasteiger partial charge in [0.15, 0.2) is 0 Å². The second kappa shape index (κ2) is 4.13. The molecule has 0 N–H and O–H groups in total. The Morgan fingerprint density at radius 1 is 1.18 bits per heavy atom. The Hall–Kier alpha value is -0.820. The van der Waals surface area contributed by atoms with E-state index >= 15 is 0 Å². The predicted molar refractivity (Wildman–Crippen MR) is 64.1 cm³/mol. The Morgan fingerprint density at radius 2 is 1.76 bits per heavy atom. The summed E-state index contributed by atoms with van der Waals surface area (Å²) in [4.78, 5) is 15.3. The summed E-state index contributed by atoms with van der Waals surface area (Å²) >= 11 is 0. The van der Waals surface area contributed by atoms with Crippen LogP contribution in [0, 0.1) is 0 Å². The van der Waals surface area contributed by atoms with E-state index < -0.39 is 10.0 Å². The molecule has 2 saturated heterocycles. The predicted octanol–water partition coefficient (Wildman–Crippen LogP) is -0.224. The molecule has 2 atom stereocenters. The van der Waals surface area contributed by atoms with E-state index in [9.17, 15) is 13.2 Å². The van der Waals surface area contributed by atoms with Gasteiger partial charge in [-0.25, -0.2) is 13.2 Å². The van der Waals surface area contributed by atoms with E-state index in [1.54, 1.807) is 28.2 Å². The van der Waals surface area contributed by atoms with Crippen molar-refractivity contribution in [1.29, 1.82) is 0 Å². The van der Waals surface area contributed by atoms with Crippen LogP contribution in [-0.4, -0.2) is 74.1 Å². The van der Waals surface area contributed by atoms with E-state index in [0.717, 1.165) is 12.8 Å². The normalized spacial score (nSPS) is 29.5. The van der Waals surface area contributed by atoms with Crippen LogP contribution < -0.4 is 0 Å². The van der Waals surface area contributed by atoms with E-state index in [0.29, 0.717) is 13.1 Å². The maximum atomic E-state index is 11.9. The van der Waals surface area contributed by atoms with Crippen LogP contribution in [0.4, 0.5) is 4.79 Å². The summed E-state index contributed by atoms with van der Waals surface area (Å²) < 4.78 is 24.7. The molecule has 0 bridgehead atoms. The molecule has 2 aliphatic rings. The van der Waals surface area contributed by atoms with E-state index in [4.69, 9.17) is 0 Å². The minimum Gasteiger partial charge on any atom is -0.331 e. The van der Waals surface area contributed by atoms with Gasteiger partial charge in [-0.3, -0.25) is 0 Å². The van der Waals surface area contributed by atoms with Gasteiger partial charge < -0.3 is 9.80 Å². The molecule has 98 valence electrons. The Balaban J connectivity index is 2.15. The molecular weight excluding hydrogens is 242 g/mol. The first-order valence-corrected chi connectivity index (χ1v) is 7.62. The largest absolute Gasteiger partial charge is 0.331 e. The summed E-state index contributed by atoms with van der Waals surface area (Å²) in [5.74, 6) is 0. The van der Waals surface area contributed by atoms with Crippen molar-refractivity contribution >= 4 is 16.1 Å². The van der Waals surface area contributed by atoms with Crippen molar-refractivity contribution in [3.05, 3.63) is 0 Å². The highest BCUT2D eigenvalue weighted by molar-refractivity contribution is 7.88. The molecule has 2 fully saturated rings. The molecule has 0 aromatic rings. The Bertz CT molecular complexity index is 421. The topological polar surface area (TPSA) is 60.9 Å². The van der Waals surface area contributed by atoms with Crippen LogP contribution in [0.5, 0.6) is 0 Å². The van der Waals surface area contributed by atoms with Crippen molar-refractivity contribution in [2.24, 2.45) is 0 Å². The first-order chi connectivity index (χ1) is 7.82. The number of fused-ring (bicyclic) bond motifs is 1. The minimum atomic E-state index is -3.14. The minimum absolute atomic E-state index is 0.0195. The Labute approximate surface area is 102 Å². The van der Waals surface area contributed by atoms with Crippen LogP contribution in [0.25, 0.3) is 0 Å². The molecule has 6 nitrogen and oxygen atoms in total. The third kappa shape index (κ3) is 2.13. The van der Waals surface area contributed by atoms with E-state index in [1.807, 2.05) is 0 Å². The lowest BCUT2D eigenvalue weighted by Crippen LogP contribution is -2.44. The van der Waals surface area contributed by atoms with Crippen LogP contribution >= 0.6 is 0 Å². The summed E-state index contributed by atoms with van der Waals surface area (Å²) in [5, 5.41) is 0. The molecule has 0 radical (unpaired) electrons. The number of sulfonamides is 1. The maximum absolute atomic E-state index is 11.9. The molecule has 7 heteroatoms. The molecule has 2 aliphatic heterocycles. The molecule has 0 saturated carbocycles. The summed E-state index contributed by atoms with van der Waals surface area (Å²) in [7, 11) is 0.298. The van der Waals surface area contributed by atoms with Crippen molar-refractivity contribution in [2.75, 3.05) is 33.4 Å². The Kier molecular flexibility index (Phi) is 3.07. The monoisotopic (exact) mass is 261 g/mol. The average molecular weight is 261 g/mol. The maximum Gasteiger partial charge on any atom is 0.319 e. The highest BCUT2D eigenvalue weighted by atomic mass is 32.2. The first kappa shape index (κ1) is 12.6. The van der Waals surface area contributed by atoms with Crippen molar-refractivity contribution in [2.45, 2.75) is 24.9 Å². The van der Waals surface area contributed by atoms with Crippen molar-refractivity contribution < 1.29 is 13.2 Å². The number of urea groups is 1. The summed E-state index contributed by atoms with van der Waals surface area (Å²) in [6.07, 6.45) is 2.74. The van der Waals surface area contributed by atoms with Gasteiger partial charge in [-0.05, 0) is 12.8 Å². The van der Waals surface area contributed by atoms with Gasteiger partial charge in [0.25, 0.3) is 0 Å². The molecule has 0 aliphatic carbocycles. The highest BCUT2D eigenvalue weighted by Gasteiger charge is 2.47. The molecule has 2 heterocycles. The number of nitrogens with zero attached hydrogens (tertiary/aromatic N) is 3. The third-order valence-corrected chi connectivity index (χ3v) is 4.88. The highest BCUT2D eigenvalue weighted by Crippen LogP contribution is 2.33. The second-order valence-electron chi connectivity index (χ2n) is 4.96. The zero-order chi connectivity index (χ0) is 12.8. The lowest BCUT2D eigenvalue weighted by Gasteiger charge is -2.27. The summed E-state index contributed by atoms with van der Waals surface area (Å²) in [6, 6.07) is 0.0152. The summed E-state index contributed by atoms with van der Waals surface area (Å²) in [5.41, 5.74) is 0. The lowest BCUT2D eigenvalue weighted by atomic mass is 10.1. The number of amides is 2. The third-order valence-electron chi connectivity index (χ3n) is 3.58. The fourth-order valence-electron chi connectivity index (χ4n) is 2.85. The van der Waals surface area contributed by atoms with Gasteiger partial charge in [-0.2, -0.15) is 4.31 Å². The fraction of sp³-hybridized carbons (Fsp3) is 0.900. The van der Waals surface area contributed by atoms with Crippen molar-refractivity contribution in [3.8, 4) is 0 Å². The SMILES string of the molecule is CN(C)C(=O)N1CC[C@H]2[C@H]1CCN2S(C)(=O)=O. The Morgan fingerprint density at radius 3 is 2.29 bits per heavy atom. The van der Waals surface area contributed by atoms with Crippen LogP contribution in [0.1, 0.15) is 12.8 Å². The number of hydrogen-bond acceptors (Lipinski definition) is 3. The molecule has 0 aromatic carbocycles. The second-order valence-corrected chi connectivity index (χ2v) is 6.89. The summed E-state index contributed by atoms with van der Waals surface area (Å²) in [6.45, 7) is 1.18. The quantitative estimate of drug-likeness (QED) is 0.655. The van der Waals surface area contributed by atoms with Crippen molar-refractivity contribution in [3.63, 3.8) is 0 Å². The van der Waals surface area contributed by atoms with Gasteiger partial charge >= 0.3 is 6.03 Å². The zero-order valence-corrected chi connectivity index (χ0v) is 11.3. The van der Waals surface area contributed by atoms with Gasteiger partial charge in [-0.1, -0.05) is 0 Å². The number of hydrogen-bond donors (Lipinski definition) is 0. The number of rotatable bonds is 1. The van der Waals surface area contributed by atoms with E-state index in [-0.39, 0.29) is 18.1 Å². The molecule has 2 amide bonds. The lowest BCUT2D eigenvalue weighted by molar-refractivity contribution is 0.165. The van der Waals surface area contributed by atoms with Crippen molar-refractivity contribution in [1.82, 2.24) is 14.1 Å². The standard InChI is InChI=1S/C10H19N3O3S/c1-11(2)10(14)12-6-4-9-8(12)5-7-13(9)17(3,15)16/h8-9H,4-7H2,1-3H3/t8-,9+/m1/s1. The van der Waals surface area contributed by atoms with E-state index in [1.165, 1.54) is 6.26 Å². The molecule has 0 unspecified atom stereocenters.